The Bertz CT molecular complexity index is 905. The molecule has 128 valence electrons. The van der Waals surface area contributed by atoms with Gasteiger partial charge < -0.3 is 5.11 Å². The Hall–Kier alpha value is -1.57. The van der Waals surface area contributed by atoms with Crippen molar-refractivity contribution in [2.45, 2.75) is 31.1 Å². The minimum Gasteiger partial charge on any atom is -0.478 e. The molecule has 0 spiro atoms. The van der Waals surface area contributed by atoms with Gasteiger partial charge in [0.05, 0.1) is 10.6 Å². The summed E-state index contributed by atoms with van der Waals surface area (Å²) in [5.74, 6) is -0.648. The maximum Gasteiger partial charge on any atom is 0.339 e. The molecule has 1 aromatic carbocycles. The summed E-state index contributed by atoms with van der Waals surface area (Å²) in [6.45, 7) is 2.11. The molecule has 24 heavy (non-hydrogen) atoms. The molecule has 1 aliphatic carbocycles. The van der Waals surface area contributed by atoms with Crippen LogP contribution in [0, 0.1) is 5.92 Å². The molecule has 8 heteroatoms. The third-order valence-corrected chi connectivity index (χ3v) is 7.23. The van der Waals surface area contributed by atoms with Crippen LogP contribution < -0.4 is 4.72 Å². The summed E-state index contributed by atoms with van der Waals surface area (Å²) in [5, 5.41) is 9.79. The molecule has 1 aromatic heterocycles. The predicted molar refractivity (Wildman–Crippen MR) is 94.7 cm³/mol. The van der Waals surface area contributed by atoms with Crippen LogP contribution >= 0.6 is 22.9 Å². The number of thiophene rings is 1. The van der Waals surface area contributed by atoms with Gasteiger partial charge in [-0.05, 0) is 42.9 Å². The first-order valence-electron chi connectivity index (χ1n) is 7.44. The summed E-state index contributed by atoms with van der Waals surface area (Å²) in [6.07, 6.45) is 2.33. The van der Waals surface area contributed by atoms with Crippen molar-refractivity contribution in [2.24, 2.45) is 5.92 Å². The number of carboxylic acid groups (broad SMARTS) is 1. The van der Waals surface area contributed by atoms with Crippen LogP contribution in [0.4, 0.5) is 5.00 Å². The van der Waals surface area contributed by atoms with Crippen molar-refractivity contribution in [1.82, 2.24) is 0 Å². The van der Waals surface area contributed by atoms with E-state index in [9.17, 15) is 18.3 Å². The number of carbonyl (C=O) groups is 1. The SMILES string of the molecule is C[C@H]1CCc2c(sc(NS(=O)(=O)c3ccccc3Cl)c2C(=O)O)C1. The number of carboxylic acids is 1. The summed E-state index contributed by atoms with van der Waals surface area (Å²) in [4.78, 5) is 12.6. The van der Waals surface area contributed by atoms with E-state index in [-0.39, 0.29) is 20.5 Å². The van der Waals surface area contributed by atoms with Gasteiger partial charge in [0, 0.05) is 4.88 Å². The highest BCUT2D eigenvalue weighted by Crippen LogP contribution is 2.40. The Labute approximate surface area is 149 Å². The fraction of sp³-hybridized carbons (Fsp3) is 0.312. The fourth-order valence-electron chi connectivity index (χ4n) is 2.89. The van der Waals surface area contributed by atoms with Gasteiger partial charge in [-0.25, -0.2) is 13.2 Å². The second kappa shape index (κ2) is 6.38. The first-order chi connectivity index (χ1) is 11.3. The lowest BCUT2D eigenvalue weighted by atomic mass is 9.88. The van der Waals surface area contributed by atoms with Crippen molar-refractivity contribution >= 4 is 43.9 Å². The minimum absolute atomic E-state index is 0.0669. The maximum atomic E-state index is 12.6. The van der Waals surface area contributed by atoms with Gasteiger partial charge in [-0.2, -0.15) is 0 Å². The van der Waals surface area contributed by atoms with E-state index < -0.39 is 16.0 Å². The Morgan fingerprint density at radius 1 is 1.38 bits per heavy atom. The Morgan fingerprint density at radius 2 is 2.08 bits per heavy atom. The van der Waals surface area contributed by atoms with Crippen molar-refractivity contribution in [3.8, 4) is 0 Å². The van der Waals surface area contributed by atoms with Crippen LogP contribution in [0.5, 0.6) is 0 Å². The summed E-state index contributed by atoms with van der Waals surface area (Å²) in [6, 6.07) is 6.07. The first kappa shape index (κ1) is 17.3. The molecule has 2 N–H and O–H groups in total. The molecule has 2 aromatic rings. The van der Waals surface area contributed by atoms with Crippen molar-refractivity contribution in [3.63, 3.8) is 0 Å². The second-order valence-electron chi connectivity index (χ2n) is 5.90. The molecule has 1 aliphatic rings. The van der Waals surface area contributed by atoms with E-state index in [4.69, 9.17) is 11.6 Å². The van der Waals surface area contributed by atoms with Crippen LogP contribution in [0.3, 0.4) is 0 Å². The van der Waals surface area contributed by atoms with Crippen LogP contribution in [-0.2, 0) is 22.9 Å². The lowest BCUT2D eigenvalue weighted by Crippen LogP contribution is -2.16. The van der Waals surface area contributed by atoms with Gasteiger partial charge in [0.15, 0.2) is 0 Å². The van der Waals surface area contributed by atoms with Crippen LogP contribution in [0.25, 0.3) is 0 Å². The molecule has 1 heterocycles. The second-order valence-corrected chi connectivity index (χ2v) is 9.06. The topological polar surface area (TPSA) is 83.5 Å². The zero-order chi connectivity index (χ0) is 17.5. The first-order valence-corrected chi connectivity index (χ1v) is 10.1. The molecule has 0 saturated heterocycles. The van der Waals surface area contributed by atoms with E-state index in [2.05, 4.69) is 11.6 Å². The number of hydrogen-bond donors (Lipinski definition) is 2. The number of benzene rings is 1. The third kappa shape index (κ3) is 3.16. The molecule has 5 nitrogen and oxygen atoms in total. The van der Waals surface area contributed by atoms with Gasteiger partial charge in [-0.15, -0.1) is 11.3 Å². The van der Waals surface area contributed by atoms with Crippen LogP contribution in [-0.4, -0.2) is 19.5 Å². The summed E-state index contributed by atoms with van der Waals surface area (Å²) in [7, 11) is -3.95. The lowest BCUT2D eigenvalue weighted by molar-refractivity contribution is 0.0697. The molecule has 0 fully saturated rings. The molecule has 0 bridgehead atoms. The standard InChI is InChI=1S/C16H16ClNO4S2/c1-9-6-7-10-12(8-9)23-15(14(10)16(19)20)18-24(21,22)13-5-3-2-4-11(13)17/h2-5,9,18H,6-8H2,1H3,(H,19,20)/t9-/m0/s1. The molecular formula is C16H16ClNO4S2. The zero-order valence-electron chi connectivity index (χ0n) is 12.9. The molecule has 3 rings (SSSR count). The monoisotopic (exact) mass is 385 g/mol. The number of fused-ring (bicyclic) bond motifs is 1. The maximum absolute atomic E-state index is 12.6. The van der Waals surface area contributed by atoms with Gasteiger partial charge in [0.2, 0.25) is 0 Å². The van der Waals surface area contributed by atoms with E-state index in [0.29, 0.717) is 12.3 Å². The van der Waals surface area contributed by atoms with Crippen LogP contribution in [0.1, 0.15) is 34.1 Å². The summed E-state index contributed by atoms with van der Waals surface area (Å²) in [5.41, 5.74) is 0.819. The van der Waals surface area contributed by atoms with Gasteiger partial charge in [0.1, 0.15) is 9.90 Å². The van der Waals surface area contributed by atoms with Gasteiger partial charge >= 0.3 is 5.97 Å². The number of sulfonamides is 1. The van der Waals surface area contributed by atoms with E-state index >= 15 is 0 Å². The Morgan fingerprint density at radius 3 is 2.75 bits per heavy atom. The van der Waals surface area contributed by atoms with Gasteiger partial charge in [-0.1, -0.05) is 30.7 Å². The predicted octanol–water partition coefficient (Wildman–Crippen LogP) is 4.03. The van der Waals surface area contributed by atoms with Crippen molar-refractivity contribution < 1.29 is 18.3 Å². The van der Waals surface area contributed by atoms with E-state index in [1.807, 2.05) is 0 Å². The van der Waals surface area contributed by atoms with Crippen LogP contribution in [0.15, 0.2) is 29.2 Å². The molecule has 0 unspecified atom stereocenters. The quantitative estimate of drug-likeness (QED) is 0.832. The fourth-order valence-corrected chi connectivity index (χ4v) is 6.12. The number of halogens is 1. The zero-order valence-corrected chi connectivity index (χ0v) is 15.3. The summed E-state index contributed by atoms with van der Waals surface area (Å²) >= 11 is 7.17. The highest BCUT2D eigenvalue weighted by Gasteiger charge is 2.30. The third-order valence-electron chi connectivity index (χ3n) is 4.08. The number of hydrogen-bond acceptors (Lipinski definition) is 4. The normalized spacial score (nSPS) is 17.3. The highest BCUT2D eigenvalue weighted by molar-refractivity contribution is 7.93. The number of anilines is 1. The van der Waals surface area contributed by atoms with E-state index in [1.165, 1.54) is 23.5 Å². The number of nitrogens with one attached hydrogen (secondary N) is 1. The average molecular weight is 386 g/mol. The van der Waals surface area contributed by atoms with Crippen molar-refractivity contribution in [2.75, 3.05) is 4.72 Å². The van der Waals surface area contributed by atoms with Gasteiger partial charge in [-0.3, -0.25) is 4.72 Å². The largest absolute Gasteiger partial charge is 0.478 e. The van der Waals surface area contributed by atoms with Gasteiger partial charge in [0.25, 0.3) is 10.0 Å². The Kier molecular flexibility index (Phi) is 4.59. The minimum atomic E-state index is -3.95. The summed E-state index contributed by atoms with van der Waals surface area (Å²) < 4.78 is 27.6. The highest BCUT2D eigenvalue weighted by atomic mass is 35.5. The molecule has 0 saturated carbocycles. The molecule has 1 atom stereocenters. The van der Waals surface area contributed by atoms with Crippen molar-refractivity contribution in [1.29, 1.82) is 0 Å². The smallest absolute Gasteiger partial charge is 0.339 e. The van der Waals surface area contributed by atoms with E-state index in [0.717, 1.165) is 23.3 Å². The van der Waals surface area contributed by atoms with Crippen LogP contribution in [0.2, 0.25) is 5.02 Å². The molecule has 0 radical (unpaired) electrons. The van der Waals surface area contributed by atoms with Crippen molar-refractivity contribution in [3.05, 3.63) is 45.3 Å². The lowest BCUT2D eigenvalue weighted by Gasteiger charge is -2.17. The molecule has 0 amide bonds. The Balaban J connectivity index is 2.04. The average Bonchev–Trinajstić information content (AvgIpc) is 2.83. The van der Waals surface area contributed by atoms with E-state index in [1.54, 1.807) is 12.1 Å². The molecular weight excluding hydrogens is 370 g/mol. The molecule has 0 aliphatic heterocycles. The number of aromatic carboxylic acids is 1. The number of rotatable bonds is 4.